The van der Waals surface area contributed by atoms with Crippen molar-refractivity contribution >= 4 is 24.2 Å². The molecule has 138 valence electrons. The van der Waals surface area contributed by atoms with E-state index in [0.717, 1.165) is 11.4 Å². The first kappa shape index (κ1) is 19.5. The van der Waals surface area contributed by atoms with Gasteiger partial charge in [-0.25, -0.2) is 0 Å². The Kier molecular flexibility index (Phi) is 6.80. The van der Waals surface area contributed by atoms with E-state index in [1.807, 2.05) is 18.2 Å². The topological polar surface area (TPSA) is 40.5 Å². The van der Waals surface area contributed by atoms with Gasteiger partial charge in [0.25, 0.3) is 0 Å². The normalized spacial score (nSPS) is 15.0. The molecule has 0 fully saturated rings. The predicted octanol–water partition coefficient (Wildman–Crippen LogP) is 5.27. The summed E-state index contributed by atoms with van der Waals surface area (Å²) in [7, 11) is -1.42. The third-order valence-corrected chi connectivity index (χ3v) is 5.76. The van der Waals surface area contributed by atoms with E-state index in [1.165, 1.54) is 67.2 Å². The lowest BCUT2D eigenvalue weighted by Crippen LogP contribution is -2.30. The Morgan fingerprint density at radius 1 is 0.846 bits per heavy atom. The van der Waals surface area contributed by atoms with Gasteiger partial charge >= 0.3 is 7.12 Å². The minimum Gasteiger partial charge on any atom is -0.423 e. The lowest BCUT2D eigenvalue weighted by molar-refractivity contribution is 0.425. The Hall–Kier alpha value is -1.29. The fourth-order valence-corrected chi connectivity index (χ4v) is 4.31. The molecule has 1 atom stereocenters. The van der Waals surface area contributed by atoms with Crippen LogP contribution in [0.15, 0.2) is 36.4 Å². The molecule has 4 heteroatoms. The van der Waals surface area contributed by atoms with Crippen LogP contribution in [0, 0.1) is 0 Å². The summed E-state index contributed by atoms with van der Waals surface area (Å²) in [6.07, 6.45) is 10.1. The van der Waals surface area contributed by atoms with E-state index in [2.05, 4.69) is 19.1 Å². The molecule has 3 rings (SSSR count). The van der Waals surface area contributed by atoms with Gasteiger partial charge in [0.1, 0.15) is 0 Å². The molecule has 0 bridgehead atoms. The molecule has 2 nitrogen and oxygen atoms in total. The first-order valence-corrected chi connectivity index (χ1v) is 10.3. The highest BCUT2D eigenvalue weighted by atomic mass is 35.5. The molecule has 2 aromatic carbocycles. The van der Waals surface area contributed by atoms with Gasteiger partial charge in [0.05, 0.1) is 0 Å². The molecule has 26 heavy (non-hydrogen) atoms. The summed E-state index contributed by atoms with van der Waals surface area (Å²) in [5, 5.41) is 19.9. The van der Waals surface area contributed by atoms with Crippen molar-refractivity contribution in [1.82, 2.24) is 0 Å². The van der Waals surface area contributed by atoms with Crippen molar-refractivity contribution in [3.8, 4) is 11.1 Å². The van der Waals surface area contributed by atoms with Crippen LogP contribution in [0.3, 0.4) is 0 Å². The highest BCUT2D eigenvalue weighted by Crippen LogP contribution is 2.47. The van der Waals surface area contributed by atoms with Gasteiger partial charge in [-0.15, -0.1) is 0 Å². The van der Waals surface area contributed by atoms with Crippen LogP contribution in [0.5, 0.6) is 0 Å². The first-order valence-electron chi connectivity index (χ1n) is 9.91. The first-order chi connectivity index (χ1) is 12.6. The summed E-state index contributed by atoms with van der Waals surface area (Å²) in [5.74, 6) is 0.299. The summed E-state index contributed by atoms with van der Waals surface area (Å²) in [5.41, 5.74) is 5.49. The quantitative estimate of drug-likeness (QED) is 0.466. The maximum Gasteiger partial charge on any atom is 0.488 e. The maximum atomic E-state index is 9.55. The van der Waals surface area contributed by atoms with Crippen LogP contribution in [0.2, 0.25) is 5.02 Å². The van der Waals surface area contributed by atoms with Gasteiger partial charge in [-0.3, -0.25) is 0 Å². The molecular weight excluding hydrogens is 343 g/mol. The number of unbranched alkanes of at least 4 members (excludes halogenated alkanes) is 6. The summed E-state index contributed by atoms with van der Waals surface area (Å²) >= 11 is 6.27. The molecule has 0 saturated carbocycles. The standard InChI is InChI=1S/C22H28BClO2/c1-2-3-4-5-6-7-8-9-18-21-14-16(23(25)26)10-12-19(21)20-13-11-17(24)15-22(18)20/h10-15,18,25-26H,2-9H2,1H3. The van der Waals surface area contributed by atoms with E-state index in [4.69, 9.17) is 11.6 Å². The van der Waals surface area contributed by atoms with Crippen molar-refractivity contribution in [1.29, 1.82) is 0 Å². The summed E-state index contributed by atoms with van der Waals surface area (Å²) in [6.45, 7) is 2.25. The molecule has 0 spiro atoms. The monoisotopic (exact) mass is 370 g/mol. The van der Waals surface area contributed by atoms with Gasteiger partial charge < -0.3 is 10.0 Å². The van der Waals surface area contributed by atoms with Gasteiger partial charge in [0, 0.05) is 10.9 Å². The lowest BCUT2D eigenvalue weighted by Gasteiger charge is -2.15. The lowest BCUT2D eigenvalue weighted by atomic mass is 9.77. The van der Waals surface area contributed by atoms with Gasteiger partial charge in [-0.2, -0.15) is 0 Å². The van der Waals surface area contributed by atoms with Crippen LogP contribution in [0.4, 0.5) is 0 Å². The second-order valence-corrected chi connectivity index (χ2v) is 7.85. The average Bonchev–Trinajstić information content (AvgIpc) is 2.93. The molecule has 1 aliphatic carbocycles. The van der Waals surface area contributed by atoms with Crippen molar-refractivity contribution < 1.29 is 10.0 Å². The molecule has 2 N–H and O–H groups in total. The molecular formula is C22H28BClO2. The van der Waals surface area contributed by atoms with E-state index in [-0.39, 0.29) is 0 Å². The minimum atomic E-state index is -1.42. The van der Waals surface area contributed by atoms with Crippen molar-refractivity contribution in [3.05, 3.63) is 52.5 Å². The Morgan fingerprint density at radius 2 is 1.46 bits per heavy atom. The van der Waals surface area contributed by atoms with Crippen molar-refractivity contribution in [2.75, 3.05) is 0 Å². The predicted molar refractivity (Wildman–Crippen MR) is 111 cm³/mol. The van der Waals surface area contributed by atoms with Crippen molar-refractivity contribution in [2.24, 2.45) is 0 Å². The number of hydrogen-bond acceptors (Lipinski definition) is 2. The minimum absolute atomic E-state index is 0.299. The van der Waals surface area contributed by atoms with Crippen LogP contribution in [0.1, 0.15) is 75.3 Å². The molecule has 1 unspecified atom stereocenters. The third-order valence-electron chi connectivity index (χ3n) is 5.52. The molecule has 0 heterocycles. The number of rotatable bonds is 9. The number of benzene rings is 2. The second kappa shape index (κ2) is 9.08. The zero-order valence-corrected chi connectivity index (χ0v) is 16.3. The molecule has 0 amide bonds. The Morgan fingerprint density at radius 3 is 2.15 bits per heavy atom. The van der Waals surface area contributed by atoms with E-state index in [0.29, 0.717) is 11.4 Å². The number of halogens is 1. The zero-order chi connectivity index (χ0) is 18.5. The molecule has 1 aliphatic rings. The highest BCUT2D eigenvalue weighted by Gasteiger charge is 2.29. The van der Waals surface area contributed by atoms with Crippen LogP contribution in [0.25, 0.3) is 11.1 Å². The largest absolute Gasteiger partial charge is 0.488 e. The maximum absolute atomic E-state index is 9.55. The Labute approximate surface area is 162 Å². The highest BCUT2D eigenvalue weighted by molar-refractivity contribution is 6.58. The number of hydrogen-bond donors (Lipinski definition) is 2. The van der Waals surface area contributed by atoms with Gasteiger partial charge in [0.15, 0.2) is 0 Å². The van der Waals surface area contributed by atoms with Gasteiger partial charge in [-0.1, -0.05) is 87.7 Å². The molecule has 0 saturated heterocycles. The molecule has 0 aromatic heterocycles. The van der Waals surface area contributed by atoms with Crippen molar-refractivity contribution in [2.45, 2.75) is 64.2 Å². The fourth-order valence-electron chi connectivity index (χ4n) is 4.13. The summed E-state index contributed by atoms with van der Waals surface area (Å²) in [6, 6.07) is 11.9. The average molecular weight is 371 g/mol. The smallest absolute Gasteiger partial charge is 0.423 e. The fraction of sp³-hybridized carbons (Fsp3) is 0.455. The Balaban J connectivity index is 1.74. The number of fused-ring (bicyclic) bond motifs is 3. The molecule has 2 aromatic rings. The van der Waals surface area contributed by atoms with Gasteiger partial charge in [0.2, 0.25) is 0 Å². The van der Waals surface area contributed by atoms with Crippen LogP contribution in [-0.4, -0.2) is 17.2 Å². The summed E-state index contributed by atoms with van der Waals surface area (Å²) in [4.78, 5) is 0. The van der Waals surface area contributed by atoms with Crippen LogP contribution < -0.4 is 5.46 Å². The van der Waals surface area contributed by atoms with E-state index in [1.54, 1.807) is 6.07 Å². The second-order valence-electron chi connectivity index (χ2n) is 7.41. The molecule has 0 radical (unpaired) electrons. The zero-order valence-electron chi connectivity index (χ0n) is 15.5. The van der Waals surface area contributed by atoms with Crippen LogP contribution in [-0.2, 0) is 0 Å². The SMILES string of the molecule is CCCCCCCCCC1c2cc(Cl)ccc2-c2ccc(B(O)O)cc21. The van der Waals surface area contributed by atoms with Crippen LogP contribution >= 0.6 is 11.6 Å². The van der Waals surface area contributed by atoms with Gasteiger partial charge in [-0.05, 0) is 46.3 Å². The molecule has 0 aliphatic heterocycles. The summed E-state index contributed by atoms with van der Waals surface area (Å²) < 4.78 is 0. The van der Waals surface area contributed by atoms with E-state index < -0.39 is 7.12 Å². The van der Waals surface area contributed by atoms with E-state index >= 15 is 0 Å². The Bertz CT molecular complexity index is 745. The van der Waals surface area contributed by atoms with Crippen molar-refractivity contribution in [3.63, 3.8) is 0 Å². The third kappa shape index (κ3) is 4.33. The van der Waals surface area contributed by atoms with E-state index in [9.17, 15) is 10.0 Å².